The first-order chi connectivity index (χ1) is 13.4. The van der Waals surface area contributed by atoms with Gasteiger partial charge in [0.15, 0.2) is 11.3 Å². The molecule has 8 nitrogen and oxygen atoms in total. The molecular formula is C20H20N2O6. The zero-order valence-corrected chi connectivity index (χ0v) is 15.8. The molecule has 2 heterocycles. The Bertz CT molecular complexity index is 1000. The molecule has 0 aliphatic carbocycles. The molecule has 0 aliphatic heterocycles. The van der Waals surface area contributed by atoms with E-state index in [9.17, 15) is 14.7 Å². The topological polar surface area (TPSA) is 102 Å². The third-order valence-electron chi connectivity index (χ3n) is 4.12. The van der Waals surface area contributed by atoms with Gasteiger partial charge in [-0.25, -0.2) is 4.98 Å². The van der Waals surface area contributed by atoms with E-state index >= 15 is 0 Å². The summed E-state index contributed by atoms with van der Waals surface area (Å²) >= 11 is 0. The summed E-state index contributed by atoms with van der Waals surface area (Å²) in [5, 5.41) is 9.25. The predicted molar refractivity (Wildman–Crippen MR) is 101 cm³/mol. The summed E-state index contributed by atoms with van der Waals surface area (Å²) in [6.45, 7) is 1.39. The lowest BCUT2D eigenvalue weighted by molar-refractivity contribution is -0.137. The van der Waals surface area contributed by atoms with E-state index in [1.807, 2.05) is 6.92 Å². The molecule has 0 aliphatic rings. The number of carboxylic acid groups (broad SMARTS) is 1. The van der Waals surface area contributed by atoms with E-state index in [0.717, 1.165) is 5.69 Å². The fourth-order valence-electron chi connectivity index (χ4n) is 2.83. The van der Waals surface area contributed by atoms with Crippen molar-refractivity contribution in [2.75, 3.05) is 20.8 Å². The van der Waals surface area contributed by atoms with Gasteiger partial charge < -0.3 is 23.9 Å². The summed E-state index contributed by atoms with van der Waals surface area (Å²) in [5.41, 5.74) is 2.46. The molecule has 1 aromatic carbocycles. The van der Waals surface area contributed by atoms with Crippen molar-refractivity contribution in [1.82, 2.24) is 9.88 Å². The van der Waals surface area contributed by atoms with Crippen molar-refractivity contribution in [3.8, 4) is 11.5 Å². The number of aromatic nitrogens is 1. The molecule has 0 atom stereocenters. The first-order valence-corrected chi connectivity index (χ1v) is 8.50. The molecule has 1 amide bonds. The molecule has 0 unspecified atom stereocenters. The lowest BCUT2D eigenvalue weighted by Gasteiger charge is -2.20. The lowest BCUT2D eigenvalue weighted by Crippen LogP contribution is -2.35. The van der Waals surface area contributed by atoms with Crippen LogP contribution in [0.1, 0.15) is 21.8 Å². The maximum atomic E-state index is 12.9. The molecule has 3 aromatic rings. The number of ether oxygens (including phenoxy) is 2. The van der Waals surface area contributed by atoms with E-state index in [1.165, 1.54) is 25.2 Å². The molecule has 1 N–H and O–H groups in total. The predicted octanol–water partition coefficient (Wildman–Crippen LogP) is 2.88. The zero-order chi connectivity index (χ0) is 20.3. The van der Waals surface area contributed by atoms with Gasteiger partial charge in [-0.1, -0.05) is 0 Å². The zero-order valence-electron chi connectivity index (χ0n) is 15.8. The molecule has 8 heteroatoms. The van der Waals surface area contributed by atoms with Gasteiger partial charge in [0.05, 0.1) is 14.2 Å². The molecule has 0 spiro atoms. The van der Waals surface area contributed by atoms with Crippen LogP contribution in [-0.4, -0.2) is 47.6 Å². The van der Waals surface area contributed by atoms with Crippen LogP contribution >= 0.6 is 0 Å². The quantitative estimate of drug-likeness (QED) is 0.668. The van der Waals surface area contributed by atoms with Gasteiger partial charge in [-0.3, -0.25) is 9.59 Å². The number of nitrogens with zero attached hydrogens (tertiary/aromatic N) is 2. The smallest absolute Gasteiger partial charge is 0.323 e. The van der Waals surface area contributed by atoms with Gasteiger partial charge in [0.2, 0.25) is 0 Å². The van der Waals surface area contributed by atoms with Crippen molar-refractivity contribution in [2.24, 2.45) is 0 Å². The number of aliphatic carboxylic acids is 1. The number of furan rings is 1. The molecule has 0 radical (unpaired) electrons. The number of hydrogen-bond acceptors (Lipinski definition) is 6. The van der Waals surface area contributed by atoms with Gasteiger partial charge in [0.25, 0.3) is 5.91 Å². The van der Waals surface area contributed by atoms with Gasteiger partial charge in [-0.2, -0.15) is 0 Å². The van der Waals surface area contributed by atoms with Gasteiger partial charge in [0.1, 0.15) is 23.6 Å². The minimum Gasteiger partial charge on any atom is -0.497 e. The number of methoxy groups -OCH3 is 2. The molecule has 0 saturated carbocycles. The van der Waals surface area contributed by atoms with Gasteiger partial charge in [-0.15, -0.1) is 0 Å². The highest BCUT2D eigenvalue weighted by Crippen LogP contribution is 2.25. The van der Waals surface area contributed by atoms with Gasteiger partial charge in [-0.05, 0) is 36.8 Å². The van der Waals surface area contributed by atoms with E-state index in [0.29, 0.717) is 28.2 Å². The number of carboxylic acids is 1. The number of carbonyl (C=O) groups excluding carboxylic acids is 1. The largest absolute Gasteiger partial charge is 0.497 e. The highest BCUT2D eigenvalue weighted by Gasteiger charge is 2.23. The molecule has 2 aromatic heterocycles. The molecule has 0 saturated heterocycles. The first kappa shape index (κ1) is 19.2. The number of benzene rings is 1. The Morgan fingerprint density at radius 1 is 1.11 bits per heavy atom. The van der Waals surface area contributed by atoms with Gasteiger partial charge >= 0.3 is 5.97 Å². The minimum atomic E-state index is -1.13. The van der Waals surface area contributed by atoms with Crippen LogP contribution in [-0.2, 0) is 11.3 Å². The van der Waals surface area contributed by atoms with Crippen LogP contribution in [0.25, 0.3) is 11.1 Å². The number of aryl methyl sites for hydroxylation is 1. The lowest BCUT2D eigenvalue weighted by atomic mass is 10.1. The summed E-state index contributed by atoms with van der Waals surface area (Å²) in [4.78, 5) is 29.7. The Morgan fingerprint density at radius 3 is 2.39 bits per heavy atom. The van der Waals surface area contributed by atoms with Crippen LogP contribution in [0.5, 0.6) is 11.5 Å². The number of hydrogen-bond donors (Lipinski definition) is 1. The average Bonchev–Trinajstić information content (AvgIpc) is 3.09. The second kappa shape index (κ2) is 7.99. The van der Waals surface area contributed by atoms with Crippen LogP contribution in [0.15, 0.2) is 40.8 Å². The van der Waals surface area contributed by atoms with Crippen molar-refractivity contribution in [2.45, 2.75) is 13.5 Å². The third kappa shape index (κ3) is 4.22. The van der Waals surface area contributed by atoms with Crippen molar-refractivity contribution >= 4 is 23.0 Å². The van der Waals surface area contributed by atoms with Gasteiger partial charge in [0, 0.05) is 24.4 Å². The van der Waals surface area contributed by atoms with E-state index in [1.54, 1.807) is 30.3 Å². The first-order valence-electron chi connectivity index (χ1n) is 8.50. The maximum absolute atomic E-state index is 12.9. The van der Waals surface area contributed by atoms with E-state index in [4.69, 9.17) is 13.9 Å². The minimum absolute atomic E-state index is 0.0317. The average molecular weight is 384 g/mol. The number of pyridine rings is 1. The second-order valence-electron chi connectivity index (χ2n) is 6.22. The molecule has 3 rings (SSSR count). The molecule has 0 bridgehead atoms. The SMILES string of the molecule is COc1cc(CN(CC(=O)O)C(=O)c2cc3nc(C)ccc3o2)cc(OC)c1. The van der Waals surface area contributed by atoms with E-state index in [2.05, 4.69) is 4.98 Å². The molecular weight excluding hydrogens is 364 g/mol. The number of rotatable bonds is 7. The van der Waals surface area contributed by atoms with Crippen molar-refractivity contribution in [3.63, 3.8) is 0 Å². The van der Waals surface area contributed by atoms with Crippen LogP contribution in [0, 0.1) is 6.92 Å². The standard InChI is InChI=1S/C20H20N2O6/c1-12-4-5-17-16(21-12)9-18(28-17)20(25)22(11-19(23)24)10-13-6-14(26-2)8-15(7-13)27-3/h4-9H,10-11H2,1-3H3,(H,23,24). The highest BCUT2D eigenvalue weighted by molar-refractivity contribution is 5.96. The summed E-state index contributed by atoms with van der Waals surface area (Å²) in [5.74, 6) is -0.557. The van der Waals surface area contributed by atoms with Crippen LogP contribution in [0.3, 0.4) is 0 Å². The Labute approximate surface area is 161 Å². The third-order valence-corrected chi connectivity index (χ3v) is 4.12. The summed E-state index contributed by atoms with van der Waals surface area (Å²) in [6.07, 6.45) is 0. The molecule has 146 valence electrons. The Hall–Kier alpha value is -3.55. The maximum Gasteiger partial charge on any atom is 0.323 e. The fraction of sp³-hybridized carbons (Fsp3) is 0.250. The summed E-state index contributed by atoms with van der Waals surface area (Å²) < 4.78 is 16.0. The summed E-state index contributed by atoms with van der Waals surface area (Å²) in [7, 11) is 3.03. The Balaban J connectivity index is 1.92. The Morgan fingerprint density at radius 2 is 1.79 bits per heavy atom. The van der Waals surface area contributed by atoms with Crippen molar-refractivity contribution in [3.05, 3.63) is 53.4 Å². The van der Waals surface area contributed by atoms with E-state index < -0.39 is 18.4 Å². The highest BCUT2D eigenvalue weighted by atomic mass is 16.5. The van der Waals surface area contributed by atoms with E-state index in [-0.39, 0.29) is 12.3 Å². The normalized spacial score (nSPS) is 10.7. The molecule has 28 heavy (non-hydrogen) atoms. The van der Waals surface area contributed by atoms with Crippen molar-refractivity contribution < 1.29 is 28.6 Å². The fourth-order valence-corrected chi connectivity index (χ4v) is 2.83. The van der Waals surface area contributed by atoms with Crippen LogP contribution < -0.4 is 9.47 Å². The van der Waals surface area contributed by atoms with Crippen LogP contribution in [0.4, 0.5) is 0 Å². The number of fused-ring (bicyclic) bond motifs is 1. The summed E-state index contributed by atoms with van der Waals surface area (Å²) in [6, 6.07) is 10.1. The molecule has 0 fully saturated rings. The van der Waals surface area contributed by atoms with Crippen molar-refractivity contribution in [1.29, 1.82) is 0 Å². The van der Waals surface area contributed by atoms with Crippen LogP contribution in [0.2, 0.25) is 0 Å². The Kier molecular flexibility index (Phi) is 5.49. The second-order valence-corrected chi connectivity index (χ2v) is 6.22. The number of carbonyl (C=O) groups is 2. The number of amides is 1. The monoisotopic (exact) mass is 384 g/mol.